The second-order valence-electron chi connectivity index (χ2n) is 8.38. The number of rotatable bonds is 3. The van der Waals surface area contributed by atoms with Gasteiger partial charge in [-0.2, -0.15) is 0 Å². The molecule has 8 nitrogen and oxygen atoms in total. The first-order chi connectivity index (χ1) is 14.2. The maximum absolute atomic E-state index is 12.5. The maximum Gasteiger partial charge on any atom is 0.249 e. The zero-order valence-corrected chi connectivity index (χ0v) is 18.1. The molecule has 0 spiro atoms. The number of nitrogens with zero attached hydrogens (tertiary/aromatic N) is 5. The largest absolute Gasteiger partial charge is 0.342 e. The molecular formula is C19H25N7OS2. The molecule has 0 bridgehead atoms. The number of fused-ring (bicyclic) bond motifs is 8. The first-order valence-corrected chi connectivity index (χ1v) is 12.3. The summed E-state index contributed by atoms with van der Waals surface area (Å²) in [4.78, 5) is 16.0. The normalized spacial score (nSPS) is 25.0. The third-order valence-electron chi connectivity index (χ3n) is 6.42. The van der Waals surface area contributed by atoms with Crippen LogP contribution in [0.25, 0.3) is 5.00 Å². The molecule has 29 heavy (non-hydrogen) atoms. The van der Waals surface area contributed by atoms with E-state index < -0.39 is 0 Å². The van der Waals surface area contributed by atoms with Gasteiger partial charge in [0.2, 0.25) is 11.9 Å². The number of amides is 1. The van der Waals surface area contributed by atoms with Crippen LogP contribution >= 0.6 is 23.1 Å². The third kappa shape index (κ3) is 2.83. The number of carbonyl (C=O) groups excluding carboxylic acids is 1. The first kappa shape index (κ1) is 18.2. The predicted octanol–water partition coefficient (Wildman–Crippen LogP) is 2.05. The van der Waals surface area contributed by atoms with E-state index in [9.17, 15) is 4.79 Å². The van der Waals surface area contributed by atoms with E-state index in [-0.39, 0.29) is 12.1 Å². The van der Waals surface area contributed by atoms with Crippen molar-refractivity contribution in [1.29, 1.82) is 0 Å². The van der Waals surface area contributed by atoms with Gasteiger partial charge in [-0.3, -0.25) is 15.1 Å². The fraction of sp³-hybridized carbons (Fsp3) is 0.632. The molecule has 2 fully saturated rings. The summed E-state index contributed by atoms with van der Waals surface area (Å²) < 4.78 is 2.17. The fourth-order valence-electron chi connectivity index (χ4n) is 4.92. The van der Waals surface area contributed by atoms with E-state index in [0.717, 1.165) is 55.8 Å². The summed E-state index contributed by atoms with van der Waals surface area (Å²) in [5.74, 6) is 2.16. The number of anilines is 1. The maximum atomic E-state index is 12.5. The van der Waals surface area contributed by atoms with Crippen LogP contribution in [-0.4, -0.2) is 51.1 Å². The van der Waals surface area contributed by atoms with Gasteiger partial charge in [-0.1, -0.05) is 18.7 Å². The monoisotopic (exact) mass is 431 g/mol. The Bertz CT molecular complexity index is 964. The highest BCUT2D eigenvalue weighted by atomic mass is 32.2. The number of hydrazine groups is 1. The molecule has 10 heteroatoms. The Kier molecular flexibility index (Phi) is 4.37. The summed E-state index contributed by atoms with van der Waals surface area (Å²) in [6.45, 7) is 4.85. The van der Waals surface area contributed by atoms with Crippen LogP contribution in [0.15, 0.2) is 5.16 Å². The van der Waals surface area contributed by atoms with Crippen molar-refractivity contribution in [3.05, 3.63) is 16.0 Å². The van der Waals surface area contributed by atoms with E-state index in [0.29, 0.717) is 12.4 Å². The summed E-state index contributed by atoms with van der Waals surface area (Å²) >= 11 is 3.40. The molecule has 1 amide bonds. The minimum absolute atomic E-state index is 0.107. The number of carbonyl (C=O) groups is 1. The molecule has 2 saturated heterocycles. The van der Waals surface area contributed by atoms with Gasteiger partial charge in [0.15, 0.2) is 5.16 Å². The SMILES string of the molecule is C[C@@H]1CCc2sc3c(c2C1)C1NCNN1c1nnc(SCC(=O)N2CCCC2)n1-3. The Morgan fingerprint density at radius 3 is 3.03 bits per heavy atom. The van der Waals surface area contributed by atoms with Crippen LogP contribution in [0.2, 0.25) is 0 Å². The molecular weight excluding hydrogens is 406 g/mol. The van der Waals surface area contributed by atoms with Gasteiger partial charge in [-0.15, -0.1) is 21.5 Å². The van der Waals surface area contributed by atoms with E-state index >= 15 is 0 Å². The number of thiophene rings is 1. The van der Waals surface area contributed by atoms with E-state index in [2.05, 4.69) is 37.4 Å². The Labute approximate surface area is 178 Å². The van der Waals surface area contributed by atoms with Gasteiger partial charge < -0.3 is 4.90 Å². The fourth-order valence-corrected chi connectivity index (χ4v) is 7.18. The molecule has 6 rings (SSSR count). The van der Waals surface area contributed by atoms with Gasteiger partial charge in [-0.05, 0) is 43.6 Å². The number of aromatic nitrogens is 3. The smallest absolute Gasteiger partial charge is 0.249 e. The van der Waals surface area contributed by atoms with Crippen LogP contribution < -0.4 is 15.8 Å². The second kappa shape index (κ2) is 6.97. The molecule has 2 aromatic heterocycles. The minimum atomic E-state index is 0.107. The Morgan fingerprint density at radius 2 is 2.17 bits per heavy atom. The van der Waals surface area contributed by atoms with Gasteiger partial charge in [0.25, 0.3) is 0 Å². The molecule has 2 N–H and O–H groups in total. The summed E-state index contributed by atoms with van der Waals surface area (Å²) in [6, 6.07) is 0. The topological polar surface area (TPSA) is 78.3 Å². The number of hydrogen-bond donors (Lipinski definition) is 2. The zero-order valence-electron chi connectivity index (χ0n) is 16.5. The van der Waals surface area contributed by atoms with Crippen molar-refractivity contribution in [3.8, 4) is 5.00 Å². The molecule has 2 aromatic rings. The van der Waals surface area contributed by atoms with E-state index in [1.165, 1.54) is 39.2 Å². The summed E-state index contributed by atoms with van der Waals surface area (Å²) in [5.41, 5.74) is 6.29. The lowest BCUT2D eigenvalue weighted by atomic mass is 9.87. The van der Waals surface area contributed by atoms with Gasteiger partial charge in [0, 0.05) is 23.5 Å². The lowest BCUT2D eigenvalue weighted by Gasteiger charge is -2.31. The molecule has 0 saturated carbocycles. The van der Waals surface area contributed by atoms with Crippen LogP contribution in [0.1, 0.15) is 48.4 Å². The molecule has 4 aliphatic rings. The first-order valence-electron chi connectivity index (χ1n) is 10.5. The quantitative estimate of drug-likeness (QED) is 0.720. The van der Waals surface area contributed by atoms with Crippen molar-refractivity contribution < 1.29 is 4.79 Å². The van der Waals surface area contributed by atoms with Crippen LogP contribution in [-0.2, 0) is 17.6 Å². The average Bonchev–Trinajstić information content (AvgIpc) is 3.50. The number of hydrogen-bond acceptors (Lipinski definition) is 8. The van der Waals surface area contributed by atoms with E-state index in [1.54, 1.807) is 0 Å². The van der Waals surface area contributed by atoms with Crippen molar-refractivity contribution in [2.45, 2.75) is 50.4 Å². The van der Waals surface area contributed by atoms with Crippen molar-refractivity contribution in [1.82, 2.24) is 30.4 Å². The van der Waals surface area contributed by atoms with Crippen molar-refractivity contribution in [3.63, 3.8) is 0 Å². The van der Waals surface area contributed by atoms with Gasteiger partial charge in [0.05, 0.1) is 12.4 Å². The van der Waals surface area contributed by atoms with Crippen molar-refractivity contribution >= 4 is 35.0 Å². The summed E-state index contributed by atoms with van der Waals surface area (Å²) in [6.07, 6.45) is 5.90. The Hall–Kier alpha value is -1.62. The van der Waals surface area contributed by atoms with Crippen molar-refractivity contribution in [2.75, 3.05) is 30.5 Å². The van der Waals surface area contributed by atoms with Gasteiger partial charge in [-0.25, -0.2) is 9.99 Å². The van der Waals surface area contributed by atoms with Gasteiger partial charge in [0.1, 0.15) is 11.2 Å². The third-order valence-corrected chi connectivity index (χ3v) is 8.63. The van der Waals surface area contributed by atoms with Crippen LogP contribution in [0.4, 0.5) is 5.95 Å². The average molecular weight is 432 g/mol. The molecule has 1 unspecified atom stereocenters. The number of likely N-dealkylation sites (tertiary alicyclic amines) is 1. The molecule has 3 aliphatic heterocycles. The molecule has 0 aromatic carbocycles. The number of nitrogens with one attached hydrogen (secondary N) is 2. The lowest BCUT2D eigenvalue weighted by molar-refractivity contribution is -0.127. The highest BCUT2D eigenvalue weighted by Crippen LogP contribution is 2.48. The summed E-state index contributed by atoms with van der Waals surface area (Å²) in [7, 11) is 0. The zero-order chi connectivity index (χ0) is 19.5. The molecule has 2 atom stereocenters. The standard InChI is InChI=1S/C19H25N7OS2/c1-11-4-5-13-12(8-11)15-16-20-10-21-26(16)18-22-23-19(25(18)17(15)29-13)28-9-14(27)24-6-2-3-7-24/h11,16,20-21H,2-10H2,1H3/t11-,16?/m1/s1. The predicted molar refractivity (Wildman–Crippen MR) is 113 cm³/mol. The van der Waals surface area contributed by atoms with Crippen LogP contribution in [0, 0.1) is 5.92 Å². The molecule has 0 radical (unpaired) electrons. The van der Waals surface area contributed by atoms with Crippen LogP contribution in [0.3, 0.4) is 0 Å². The minimum Gasteiger partial charge on any atom is -0.342 e. The number of thioether (sulfide) groups is 1. The number of aryl methyl sites for hydroxylation is 1. The molecule has 1 aliphatic carbocycles. The Balaban J connectivity index is 1.37. The summed E-state index contributed by atoms with van der Waals surface area (Å²) in [5, 5.41) is 16.7. The molecule has 154 valence electrons. The van der Waals surface area contributed by atoms with Crippen molar-refractivity contribution in [2.24, 2.45) is 5.92 Å². The van der Waals surface area contributed by atoms with Crippen LogP contribution in [0.5, 0.6) is 0 Å². The highest BCUT2D eigenvalue weighted by molar-refractivity contribution is 7.99. The van der Waals surface area contributed by atoms with Gasteiger partial charge >= 0.3 is 0 Å². The second-order valence-corrected chi connectivity index (χ2v) is 10.4. The highest BCUT2D eigenvalue weighted by Gasteiger charge is 2.42. The lowest BCUT2D eigenvalue weighted by Crippen LogP contribution is -2.39. The van der Waals surface area contributed by atoms with E-state index in [1.807, 2.05) is 16.2 Å². The molecule has 5 heterocycles. The van der Waals surface area contributed by atoms with E-state index in [4.69, 9.17) is 0 Å². The Morgan fingerprint density at radius 1 is 1.31 bits per heavy atom.